The molecule has 26 heavy (non-hydrogen) atoms. The third kappa shape index (κ3) is 3.66. The molecule has 2 aromatic heterocycles. The molecule has 4 nitrogen and oxygen atoms in total. The number of carbonyl (C=O) groups excluding carboxylic acids is 1. The lowest BCUT2D eigenvalue weighted by atomic mass is 10.1. The zero-order chi connectivity index (χ0) is 17.9. The van der Waals surface area contributed by atoms with E-state index < -0.39 is 0 Å². The van der Waals surface area contributed by atoms with E-state index in [-0.39, 0.29) is 11.2 Å². The lowest BCUT2D eigenvalue weighted by molar-refractivity contribution is -0.115. The van der Waals surface area contributed by atoms with Crippen molar-refractivity contribution >= 4 is 39.7 Å². The number of benzene rings is 2. The van der Waals surface area contributed by atoms with E-state index in [0.717, 1.165) is 26.8 Å². The second-order valence-corrected chi connectivity index (χ2v) is 8.15. The summed E-state index contributed by atoms with van der Waals surface area (Å²) in [6.07, 6.45) is 4.01. The molecule has 0 aliphatic heterocycles. The number of thiazole rings is 1. The van der Waals surface area contributed by atoms with Crippen molar-refractivity contribution in [3.8, 4) is 11.3 Å². The van der Waals surface area contributed by atoms with Crippen molar-refractivity contribution in [1.29, 1.82) is 0 Å². The Labute approximate surface area is 159 Å². The summed E-state index contributed by atoms with van der Waals surface area (Å²) in [5.74, 6) is -0.00546. The topological polar surface area (TPSA) is 46.4 Å². The zero-order valence-corrected chi connectivity index (χ0v) is 15.8. The van der Waals surface area contributed by atoms with Gasteiger partial charge in [-0.1, -0.05) is 30.3 Å². The first-order valence-corrected chi connectivity index (χ1v) is 10.0. The number of imidazole rings is 1. The van der Waals surface area contributed by atoms with Crippen LogP contribution in [0.4, 0.5) is 5.69 Å². The van der Waals surface area contributed by atoms with Crippen LogP contribution < -0.4 is 5.32 Å². The number of carbonyl (C=O) groups is 1. The van der Waals surface area contributed by atoms with E-state index in [9.17, 15) is 4.79 Å². The normalized spacial score (nSPS) is 12.2. The highest BCUT2D eigenvalue weighted by Gasteiger charge is 2.14. The number of amides is 1. The number of nitrogens with one attached hydrogen (secondary N) is 1. The van der Waals surface area contributed by atoms with Crippen LogP contribution in [0.25, 0.3) is 16.2 Å². The van der Waals surface area contributed by atoms with Gasteiger partial charge in [0.1, 0.15) is 0 Å². The number of aromatic nitrogens is 2. The molecule has 0 radical (unpaired) electrons. The highest BCUT2D eigenvalue weighted by molar-refractivity contribution is 8.00. The summed E-state index contributed by atoms with van der Waals surface area (Å²) in [5, 5.41) is 4.82. The van der Waals surface area contributed by atoms with Crippen LogP contribution in [-0.2, 0) is 4.79 Å². The number of hydrogen-bond donors (Lipinski definition) is 1. The molecule has 130 valence electrons. The van der Waals surface area contributed by atoms with Crippen molar-refractivity contribution in [3.63, 3.8) is 0 Å². The minimum absolute atomic E-state index is 0.00546. The molecule has 2 aromatic carbocycles. The summed E-state index contributed by atoms with van der Waals surface area (Å²) in [7, 11) is 0. The number of nitrogens with zero attached hydrogens (tertiary/aromatic N) is 2. The van der Waals surface area contributed by atoms with Gasteiger partial charge in [-0.2, -0.15) is 0 Å². The molecule has 4 rings (SSSR count). The Balaban J connectivity index is 1.42. The van der Waals surface area contributed by atoms with Crippen LogP contribution in [0.3, 0.4) is 0 Å². The van der Waals surface area contributed by atoms with E-state index in [1.807, 2.05) is 83.7 Å². The molecule has 2 heterocycles. The fraction of sp³-hybridized carbons (Fsp3) is 0.100. The summed E-state index contributed by atoms with van der Waals surface area (Å²) < 4.78 is 2.01. The second-order valence-electron chi connectivity index (χ2n) is 5.86. The Morgan fingerprint density at radius 2 is 1.92 bits per heavy atom. The molecule has 0 unspecified atom stereocenters. The molecule has 0 bridgehead atoms. The molecule has 0 fully saturated rings. The van der Waals surface area contributed by atoms with Gasteiger partial charge < -0.3 is 5.32 Å². The molecule has 1 N–H and O–H groups in total. The third-order valence-corrected chi connectivity index (χ3v) is 5.85. The Bertz CT molecular complexity index is 994. The van der Waals surface area contributed by atoms with Gasteiger partial charge in [0, 0.05) is 33.9 Å². The molecule has 0 aliphatic carbocycles. The zero-order valence-electron chi connectivity index (χ0n) is 14.1. The van der Waals surface area contributed by atoms with E-state index in [1.165, 1.54) is 0 Å². The first kappa shape index (κ1) is 16.9. The molecule has 4 aromatic rings. The average Bonchev–Trinajstić information content (AvgIpc) is 3.25. The van der Waals surface area contributed by atoms with Gasteiger partial charge in [-0.05, 0) is 31.2 Å². The van der Waals surface area contributed by atoms with Gasteiger partial charge in [0.05, 0.1) is 10.9 Å². The monoisotopic (exact) mass is 379 g/mol. The van der Waals surface area contributed by atoms with Gasteiger partial charge in [-0.3, -0.25) is 9.20 Å². The lowest BCUT2D eigenvalue weighted by Gasteiger charge is -2.12. The average molecular weight is 380 g/mol. The maximum Gasteiger partial charge on any atom is 0.237 e. The van der Waals surface area contributed by atoms with Gasteiger partial charge in [0.25, 0.3) is 0 Å². The van der Waals surface area contributed by atoms with E-state index in [0.29, 0.717) is 0 Å². The quantitative estimate of drug-likeness (QED) is 0.486. The predicted molar refractivity (Wildman–Crippen MR) is 109 cm³/mol. The van der Waals surface area contributed by atoms with Crippen molar-refractivity contribution in [2.75, 3.05) is 5.32 Å². The third-order valence-electron chi connectivity index (χ3n) is 3.97. The van der Waals surface area contributed by atoms with Crippen LogP contribution in [-0.4, -0.2) is 20.5 Å². The number of anilines is 1. The number of hydrogen-bond acceptors (Lipinski definition) is 4. The molecule has 0 saturated heterocycles. The van der Waals surface area contributed by atoms with Crippen molar-refractivity contribution in [3.05, 3.63) is 72.4 Å². The summed E-state index contributed by atoms with van der Waals surface area (Å²) >= 11 is 3.16. The van der Waals surface area contributed by atoms with E-state index in [2.05, 4.69) is 10.3 Å². The van der Waals surface area contributed by atoms with Gasteiger partial charge in [-0.25, -0.2) is 4.98 Å². The first-order valence-electron chi connectivity index (χ1n) is 8.24. The van der Waals surface area contributed by atoms with Crippen LogP contribution in [0, 0.1) is 0 Å². The molecule has 0 spiro atoms. The van der Waals surface area contributed by atoms with E-state index in [4.69, 9.17) is 0 Å². The fourth-order valence-corrected chi connectivity index (χ4v) is 4.18. The standard InChI is InChI=1S/C20H17N3OS2/c1-14(26-17-5-3-2-4-6-17)19(24)21-16-9-7-15(8-10-16)18-13-23-11-12-25-20(23)22-18/h2-14H,1H3,(H,21,24)/t14-/m1/s1. The van der Waals surface area contributed by atoms with Crippen molar-refractivity contribution in [1.82, 2.24) is 9.38 Å². The van der Waals surface area contributed by atoms with Crippen molar-refractivity contribution < 1.29 is 4.79 Å². The number of thioether (sulfide) groups is 1. The van der Waals surface area contributed by atoms with Crippen LogP contribution >= 0.6 is 23.1 Å². The van der Waals surface area contributed by atoms with E-state index in [1.54, 1.807) is 23.1 Å². The second kappa shape index (κ2) is 7.35. The van der Waals surface area contributed by atoms with Crippen LogP contribution in [0.1, 0.15) is 6.92 Å². The maximum absolute atomic E-state index is 12.4. The smallest absolute Gasteiger partial charge is 0.237 e. The van der Waals surface area contributed by atoms with Gasteiger partial charge in [0.15, 0.2) is 4.96 Å². The summed E-state index contributed by atoms with van der Waals surface area (Å²) in [6.45, 7) is 1.92. The minimum atomic E-state index is -0.169. The lowest BCUT2D eigenvalue weighted by Crippen LogP contribution is -2.22. The summed E-state index contributed by atoms with van der Waals surface area (Å²) in [5.41, 5.74) is 2.76. The van der Waals surface area contributed by atoms with Crippen LogP contribution in [0.2, 0.25) is 0 Å². The molecular formula is C20H17N3OS2. The Morgan fingerprint density at radius 3 is 2.65 bits per heavy atom. The molecule has 0 aliphatic rings. The van der Waals surface area contributed by atoms with Gasteiger partial charge >= 0.3 is 0 Å². The molecular weight excluding hydrogens is 362 g/mol. The van der Waals surface area contributed by atoms with E-state index >= 15 is 0 Å². The molecule has 1 atom stereocenters. The molecule has 0 saturated carbocycles. The Hall–Kier alpha value is -2.57. The molecule has 1 amide bonds. The summed E-state index contributed by atoms with van der Waals surface area (Å²) in [4.78, 5) is 19.1. The highest BCUT2D eigenvalue weighted by Crippen LogP contribution is 2.25. The van der Waals surface area contributed by atoms with Crippen molar-refractivity contribution in [2.45, 2.75) is 17.1 Å². The number of rotatable bonds is 5. The minimum Gasteiger partial charge on any atom is -0.325 e. The van der Waals surface area contributed by atoms with Gasteiger partial charge in [-0.15, -0.1) is 23.1 Å². The fourth-order valence-electron chi connectivity index (χ4n) is 2.59. The van der Waals surface area contributed by atoms with Crippen LogP contribution in [0.5, 0.6) is 0 Å². The summed E-state index contributed by atoms with van der Waals surface area (Å²) in [6, 6.07) is 17.8. The first-order chi connectivity index (χ1) is 12.7. The highest BCUT2D eigenvalue weighted by atomic mass is 32.2. The largest absolute Gasteiger partial charge is 0.325 e. The maximum atomic E-state index is 12.4. The number of fused-ring (bicyclic) bond motifs is 1. The Kier molecular flexibility index (Phi) is 4.77. The SMILES string of the molecule is C[C@@H](Sc1ccccc1)C(=O)Nc1ccc(-c2cn3ccsc3n2)cc1. The molecule has 6 heteroatoms. The Morgan fingerprint density at radius 1 is 1.15 bits per heavy atom. The van der Waals surface area contributed by atoms with Gasteiger partial charge in [0.2, 0.25) is 5.91 Å². The predicted octanol–water partition coefficient (Wildman–Crippen LogP) is 5.18. The van der Waals surface area contributed by atoms with Crippen molar-refractivity contribution in [2.24, 2.45) is 0 Å². The van der Waals surface area contributed by atoms with Crippen LogP contribution in [0.15, 0.2) is 77.3 Å².